The predicted molar refractivity (Wildman–Crippen MR) is 75.3 cm³/mol. The number of piperidine rings is 1. The van der Waals surface area contributed by atoms with Crippen LogP contribution in [0, 0.1) is 5.92 Å². The van der Waals surface area contributed by atoms with Crippen LogP contribution in [0.4, 0.5) is 5.69 Å². The quantitative estimate of drug-likeness (QED) is 0.895. The molecule has 1 aromatic carbocycles. The van der Waals surface area contributed by atoms with Gasteiger partial charge in [0.05, 0.1) is 10.7 Å². The monoisotopic (exact) mass is 286 g/mol. The van der Waals surface area contributed by atoms with Gasteiger partial charge < -0.3 is 10.6 Å². The number of halogens is 2. The molecular weight excluding hydrogens is 271 g/mol. The van der Waals surface area contributed by atoms with E-state index in [1.54, 1.807) is 18.2 Å². The lowest BCUT2D eigenvalue weighted by molar-refractivity contribution is -0.117. The van der Waals surface area contributed by atoms with E-state index in [-0.39, 0.29) is 5.91 Å². The summed E-state index contributed by atoms with van der Waals surface area (Å²) in [5, 5.41) is 7.18. The van der Waals surface area contributed by atoms with Crippen LogP contribution in [0.3, 0.4) is 0 Å². The van der Waals surface area contributed by atoms with Crippen LogP contribution in [-0.4, -0.2) is 19.0 Å². The van der Waals surface area contributed by atoms with Crippen LogP contribution in [0.15, 0.2) is 18.2 Å². The minimum atomic E-state index is 0.00562. The van der Waals surface area contributed by atoms with Gasteiger partial charge in [0, 0.05) is 11.4 Å². The fraction of sp³-hybridized carbons (Fsp3) is 0.462. The smallest absolute Gasteiger partial charge is 0.224 e. The maximum atomic E-state index is 11.9. The minimum Gasteiger partial charge on any atom is -0.325 e. The Morgan fingerprint density at radius 2 is 2.06 bits per heavy atom. The molecule has 2 rings (SSSR count). The number of nitrogens with one attached hydrogen (secondary N) is 2. The Labute approximate surface area is 117 Å². The molecule has 0 radical (unpaired) electrons. The number of hydrogen-bond acceptors (Lipinski definition) is 2. The molecule has 0 aliphatic carbocycles. The van der Waals surface area contributed by atoms with Crippen molar-refractivity contribution in [3.63, 3.8) is 0 Å². The third-order valence-corrected chi connectivity index (χ3v) is 3.70. The number of amides is 1. The van der Waals surface area contributed by atoms with Crippen LogP contribution in [0.2, 0.25) is 10.0 Å². The van der Waals surface area contributed by atoms with E-state index in [9.17, 15) is 4.79 Å². The van der Waals surface area contributed by atoms with Gasteiger partial charge in [-0.3, -0.25) is 4.79 Å². The zero-order valence-electron chi connectivity index (χ0n) is 10.0. The average molecular weight is 287 g/mol. The molecule has 0 atom stereocenters. The van der Waals surface area contributed by atoms with Crippen LogP contribution < -0.4 is 10.6 Å². The maximum Gasteiger partial charge on any atom is 0.224 e. The first-order chi connectivity index (χ1) is 8.65. The van der Waals surface area contributed by atoms with E-state index in [1.807, 2.05) is 0 Å². The summed E-state index contributed by atoms with van der Waals surface area (Å²) in [5.74, 6) is 0.468. The van der Waals surface area contributed by atoms with Crippen LogP contribution >= 0.6 is 23.2 Å². The molecule has 5 heteroatoms. The Morgan fingerprint density at radius 1 is 1.33 bits per heavy atom. The second-order valence-corrected chi connectivity index (χ2v) is 5.41. The van der Waals surface area contributed by atoms with Gasteiger partial charge in [0.1, 0.15) is 0 Å². The van der Waals surface area contributed by atoms with Crippen molar-refractivity contribution in [3.05, 3.63) is 28.2 Å². The van der Waals surface area contributed by atoms with E-state index in [0.717, 1.165) is 25.9 Å². The summed E-state index contributed by atoms with van der Waals surface area (Å²) in [4.78, 5) is 11.9. The van der Waals surface area contributed by atoms with Crippen molar-refractivity contribution < 1.29 is 4.79 Å². The molecule has 3 nitrogen and oxygen atoms in total. The van der Waals surface area contributed by atoms with Crippen molar-refractivity contribution in [2.75, 3.05) is 18.4 Å². The first-order valence-corrected chi connectivity index (χ1v) is 6.86. The molecule has 0 spiro atoms. The van der Waals surface area contributed by atoms with Crippen molar-refractivity contribution in [2.45, 2.75) is 19.3 Å². The van der Waals surface area contributed by atoms with Gasteiger partial charge in [-0.2, -0.15) is 0 Å². The second-order valence-electron chi connectivity index (χ2n) is 4.57. The summed E-state index contributed by atoms with van der Waals surface area (Å²) in [5.41, 5.74) is 0.586. The van der Waals surface area contributed by atoms with Crippen molar-refractivity contribution in [2.24, 2.45) is 5.92 Å². The largest absolute Gasteiger partial charge is 0.325 e. The summed E-state index contributed by atoms with van der Waals surface area (Å²) in [6, 6.07) is 5.06. The Morgan fingerprint density at radius 3 is 2.78 bits per heavy atom. The summed E-state index contributed by atoms with van der Waals surface area (Å²) < 4.78 is 0. The molecule has 0 bridgehead atoms. The van der Waals surface area contributed by atoms with Gasteiger partial charge in [0.2, 0.25) is 5.91 Å². The topological polar surface area (TPSA) is 41.1 Å². The van der Waals surface area contributed by atoms with E-state index in [4.69, 9.17) is 23.2 Å². The van der Waals surface area contributed by atoms with Crippen LogP contribution in [-0.2, 0) is 4.79 Å². The third kappa shape index (κ3) is 3.87. The molecular formula is C13H16Cl2N2O. The second kappa shape index (κ2) is 6.41. The van der Waals surface area contributed by atoms with Gasteiger partial charge in [0.15, 0.2) is 0 Å². The molecule has 1 aliphatic rings. The summed E-state index contributed by atoms with van der Waals surface area (Å²) in [7, 11) is 0. The van der Waals surface area contributed by atoms with Crippen molar-refractivity contribution in [3.8, 4) is 0 Å². The van der Waals surface area contributed by atoms with Gasteiger partial charge in [-0.05, 0) is 50.0 Å². The van der Waals surface area contributed by atoms with Crippen molar-refractivity contribution in [1.29, 1.82) is 0 Å². The fourth-order valence-electron chi connectivity index (χ4n) is 2.14. The van der Waals surface area contributed by atoms with Gasteiger partial charge >= 0.3 is 0 Å². The SMILES string of the molecule is O=C(CC1CCNCC1)Nc1cc(Cl)ccc1Cl. The molecule has 0 aromatic heterocycles. The van der Waals surface area contributed by atoms with E-state index in [2.05, 4.69) is 10.6 Å². The van der Waals surface area contributed by atoms with Crippen LogP contribution in [0.25, 0.3) is 0 Å². The maximum absolute atomic E-state index is 11.9. The Balaban J connectivity index is 1.92. The molecule has 18 heavy (non-hydrogen) atoms. The highest BCUT2D eigenvalue weighted by molar-refractivity contribution is 6.35. The minimum absolute atomic E-state index is 0.00562. The van der Waals surface area contributed by atoms with Crippen molar-refractivity contribution >= 4 is 34.8 Å². The molecule has 1 fully saturated rings. The molecule has 1 heterocycles. The lowest BCUT2D eigenvalue weighted by atomic mass is 9.94. The molecule has 0 saturated carbocycles. The Bertz CT molecular complexity index is 431. The fourth-order valence-corrected chi connectivity index (χ4v) is 2.48. The van der Waals surface area contributed by atoms with Crippen LogP contribution in [0.1, 0.15) is 19.3 Å². The standard InChI is InChI=1S/C13H16Cl2N2O/c14-10-1-2-11(15)12(8-10)17-13(18)7-9-3-5-16-6-4-9/h1-2,8-9,16H,3-7H2,(H,17,18). The predicted octanol–water partition coefficient (Wildman–Crippen LogP) is 3.32. The normalized spacial score (nSPS) is 16.6. The first kappa shape index (κ1) is 13.7. The van der Waals surface area contributed by atoms with E-state index in [0.29, 0.717) is 28.1 Å². The third-order valence-electron chi connectivity index (χ3n) is 3.14. The molecule has 0 unspecified atom stereocenters. The molecule has 2 N–H and O–H groups in total. The van der Waals surface area contributed by atoms with Gasteiger partial charge in [0.25, 0.3) is 0 Å². The van der Waals surface area contributed by atoms with E-state index >= 15 is 0 Å². The zero-order valence-corrected chi connectivity index (χ0v) is 11.5. The molecule has 1 saturated heterocycles. The lowest BCUT2D eigenvalue weighted by Gasteiger charge is -2.22. The van der Waals surface area contributed by atoms with Crippen LogP contribution in [0.5, 0.6) is 0 Å². The number of hydrogen-bond donors (Lipinski definition) is 2. The summed E-state index contributed by atoms with van der Waals surface area (Å²) in [6.07, 6.45) is 2.65. The van der Waals surface area contributed by atoms with E-state index in [1.165, 1.54) is 0 Å². The number of anilines is 1. The zero-order chi connectivity index (χ0) is 13.0. The Kier molecular flexibility index (Phi) is 4.87. The lowest BCUT2D eigenvalue weighted by Crippen LogP contribution is -2.30. The highest BCUT2D eigenvalue weighted by Gasteiger charge is 2.17. The number of carbonyl (C=O) groups is 1. The number of rotatable bonds is 3. The number of benzene rings is 1. The molecule has 1 aliphatic heterocycles. The summed E-state index contributed by atoms with van der Waals surface area (Å²) >= 11 is 11.9. The average Bonchev–Trinajstić information content (AvgIpc) is 2.35. The molecule has 1 aromatic rings. The summed E-state index contributed by atoms with van der Waals surface area (Å²) in [6.45, 7) is 1.99. The highest BCUT2D eigenvalue weighted by atomic mass is 35.5. The first-order valence-electron chi connectivity index (χ1n) is 6.11. The Hall–Kier alpha value is -0.770. The molecule has 98 valence electrons. The van der Waals surface area contributed by atoms with Gasteiger partial charge in [-0.25, -0.2) is 0 Å². The van der Waals surface area contributed by atoms with Crippen molar-refractivity contribution in [1.82, 2.24) is 5.32 Å². The van der Waals surface area contributed by atoms with E-state index < -0.39 is 0 Å². The molecule has 1 amide bonds. The van der Waals surface area contributed by atoms with Gasteiger partial charge in [-0.1, -0.05) is 23.2 Å². The van der Waals surface area contributed by atoms with Gasteiger partial charge in [-0.15, -0.1) is 0 Å². The number of carbonyl (C=O) groups excluding carboxylic acids is 1. The highest BCUT2D eigenvalue weighted by Crippen LogP contribution is 2.26.